The van der Waals surface area contributed by atoms with E-state index in [2.05, 4.69) is 6.92 Å². The molecule has 10 heteroatoms. The number of hydrogen-bond donors (Lipinski definition) is 6. The van der Waals surface area contributed by atoms with E-state index in [1.165, 1.54) is 0 Å². The molecule has 0 aliphatic heterocycles. The molecule has 0 saturated heterocycles. The van der Waals surface area contributed by atoms with Gasteiger partial charge in [-0.05, 0) is 25.7 Å². The van der Waals surface area contributed by atoms with Crippen LogP contribution in [0.15, 0.2) is 0 Å². The van der Waals surface area contributed by atoms with Crippen LogP contribution >= 0.6 is 0 Å². The fourth-order valence-electron chi connectivity index (χ4n) is 1.76. The van der Waals surface area contributed by atoms with Gasteiger partial charge < -0.3 is 40.1 Å². The average molecular weight is 443 g/mol. The van der Waals surface area contributed by atoms with E-state index in [1.54, 1.807) is 0 Å². The molecule has 0 saturated carbocycles. The Hall–Kier alpha value is -1.30. The number of carbonyl (C=O) groups is 2. The molecular formula is C20H42O10. The van der Waals surface area contributed by atoms with Crippen LogP contribution in [0.1, 0.15) is 65.2 Å². The largest absolute Gasteiger partial charge is 0.481 e. The summed E-state index contributed by atoms with van der Waals surface area (Å²) in [4.78, 5) is 19.8. The van der Waals surface area contributed by atoms with Crippen molar-refractivity contribution >= 4 is 11.9 Å². The van der Waals surface area contributed by atoms with Crippen molar-refractivity contribution in [3.05, 3.63) is 0 Å². The van der Waals surface area contributed by atoms with Gasteiger partial charge in [0.25, 0.3) is 0 Å². The van der Waals surface area contributed by atoms with Crippen molar-refractivity contribution in [1.82, 2.24) is 0 Å². The number of ether oxygens (including phenoxy) is 2. The van der Waals surface area contributed by atoms with Gasteiger partial charge in [0.05, 0.1) is 51.8 Å². The standard InChI is InChI=1S/C8H18O3.C6H10O4.C6H14O3/c1-2-3-4-8(10)7-11-6-5-9;7-5(8)3-1-2-4-6(9)10;1-2-6(8)5-9-4-3-7/h8-10H,2-7H2,1H3;1-4H2,(H,7,8)(H,9,10);6-8H,2-5H2,1H3. The molecule has 0 aliphatic carbocycles. The highest BCUT2D eigenvalue weighted by Gasteiger charge is 2.02. The number of carboxylic acid groups (broad SMARTS) is 2. The van der Waals surface area contributed by atoms with Gasteiger partial charge in [-0.15, -0.1) is 0 Å². The monoisotopic (exact) mass is 442 g/mol. The van der Waals surface area contributed by atoms with Crippen LogP contribution in [0.25, 0.3) is 0 Å². The molecule has 0 amide bonds. The first kappa shape index (κ1) is 33.3. The summed E-state index contributed by atoms with van der Waals surface area (Å²) >= 11 is 0. The average Bonchev–Trinajstić information content (AvgIpc) is 2.70. The van der Waals surface area contributed by atoms with Gasteiger partial charge >= 0.3 is 11.9 Å². The lowest BCUT2D eigenvalue weighted by atomic mass is 10.2. The van der Waals surface area contributed by atoms with Gasteiger partial charge in [-0.3, -0.25) is 9.59 Å². The topological polar surface area (TPSA) is 174 Å². The lowest BCUT2D eigenvalue weighted by Crippen LogP contribution is -2.16. The zero-order valence-electron chi connectivity index (χ0n) is 18.4. The minimum absolute atomic E-state index is 0.0242. The first-order chi connectivity index (χ1) is 14.2. The molecule has 2 unspecified atom stereocenters. The first-order valence-electron chi connectivity index (χ1n) is 10.4. The number of aliphatic hydroxyl groups is 4. The van der Waals surface area contributed by atoms with Crippen molar-refractivity contribution in [2.75, 3.05) is 39.6 Å². The molecule has 0 fully saturated rings. The van der Waals surface area contributed by atoms with Crippen LogP contribution in [-0.2, 0) is 19.1 Å². The number of aliphatic carboxylic acids is 2. The minimum Gasteiger partial charge on any atom is -0.481 e. The van der Waals surface area contributed by atoms with Crippen LogP contribution in [0.5, 0.6) is 0 Å². The summed E-state index contributed by atoms with van der Waals surface area (Å²) in [5.41, 5.74) is 0. The third-order valence-electron chi connectivity index (χ3n) is 3.49. The van der Waals surface area contributed by atoms with Gasteiger partial charge in [0.1, 0.15) is 0 Å². The second-order valence-electron chi connectivity index (χ2n) is 6.45. The third-order valence-corrected chi connectivity index (χ3v) is 3.49. The molecule has 0 bridgehead atoms. The molecule has 0 aromatic carbocycles. The third kappa shape index (κ3) is 37.5. The van der Waals surface area contributed by atoms with Crippen molar-refractivity contribution in [2.24, 2.45) is 0 Å². The normalized spacial score (nSPS) is 12.1. The van der Waals surface area contributed by atoms with Crippen LogP contribution in [0.2, 0.25) is 0 Å². The molecule has 0 aromatic rings. The summed E-state index contributed by atoms with van der Waals surface area (Å²) < 4.78 is 9.78. The molecule has 0 aromatic heterocycles. The number of hydrogen-bond acceptors (Lipinski definition) is 8. The zero-order valence-corrected chi connectivity index (χ0v) is 18.4. The Morgan fingerprint density at radius 2 is 1.20 bits per heavy atom. The summed E-state index contributed by atoms with van der Waals surface area (Å²) in [6.07, 6.45) is 3.90. The van der Waals surface area contributed by atoms with E-state index < -0.39 is 11.9 Å². The van der Waals surface area contributed by atoms with E-state index in [1.807, 2.05) is 6.92 Å². The summed E-state index contributed by atoms with van der Waals surface area (Å²) in [5, 5.41) is 50.9. The predicted octanol–water partition coefficient (Wildman–Crippen LogP) is 1.03. The summed E-state index contributed by atoms with van der Waals surface area (Å²) in [5.74, 6) is -1.74. The molecule has 0 radical (unpaired) electrons. The molecule has 182 valence electrons. The maximum Gasteiger partial charge on any atom is 0.303 e. The summed E-state index contributed by atoms with van der Waals surface area (Å²) in [7, 11) is 0. The van der Waals surface area contributed by atoms with Crippen LogP contribution in [-0.4, -0.2) is 94.4 Å². The van der Waals surface area contributed by atoms with Crippen LogP contribution in [0.3, 0.4) is 0 Å². The Balaban J connectivity index is -0.000000366. The van der Waals surface area contributed by atoms with Crippen molar-refractivity contribution in [2.45, 2.75) is 77.4 Å². The number of unbranched alkanes of at least 4 members (excludes halogenated alkanes) is 2. The Kier molecular flexibility index (Phi) is 30.8. The number of carboxylic acids is 2. The molecule has 6 N–H and O–H groups in total. The maximum atomic E-state index is 9.90. The van der Waals surface area contributed by atoms with Gasteiger partial charge in [-0.1, -0.05) is 26.7 Å². The minimum atomic E-state index is -0.870. The quantitative estimate of drug-likeness (QED) is 0.178. The van der Waals surface area contributed by atoms with Crippen molar-refractivity contribution in [3.63, 3.8) is 0 Å². The Bertz CT molecular complexity index is 349. The van der Waals surface area contributed by atoms with Crippen molar-refractivity contribution in [1.29, 1.82) is 0 Å². The van der Waals surface area contributed by atoms with Crippen molar-refractivity contribution in [3.8, 4) is 0 Å². The Morgan fingerprint density at radius 3 is 1.53 bits per heavy atom. The highest BCUT2D eigenvalue weighted by Crippen LogP contribution is 2.00. The molecule has 0 spiro atoms. The summed E-state index contributed by atoms with van der Waals surface area (Å²) in [6.45, 7) is 5.34. The van der Waals surface area contributed by atoms with E-state index >= 15 is 0 Å². The molecular weight excluding hydrogens is 400 g/mol. The Labute approximate surface area is 179 Å². The molecule has 0 aliphatic rings. The van der Waals surface area contributed by atoms with E-state index in [0.29, 0.717) is 45.7 Å². The van der Waals surface area contributed by atoms with E-state index in [-0.39, 0.29) is 38.3 Å². The fourth-order valence-corrected chi connectivity index (χ4v) is 1.76. The van der Waals surface area contributed by atoms with Gasteiger partial charge in [0, 0.05) is 12.8 Å². The van der Waals surface area contributed by atoms with Crippen molar-refractivity contribution < 1.29 is 49.7 Å². The molecule has 0 rings (SSSR count). The summed E-state index contributed by atoms with van der Waals surface area (Å²) in [6, 6.07) is 0. The maximum absolute atomic E-state index is 9.90. The lowest BCUT2D eigenvalue weighted by molar-refractivity contribution is -0.139. The molecule has 30 heavy (non-hydrogen) atoms. The van der Waals surface area contributed by atoms with Crippen LogP contribution in [0.4, 0.5) is 0 Å². The second kappa shape index (κ2) is 27.7. The lowest BCUT2D eigenvalue weighted by Gasteiger charge is -2.09. The highest BCUT2D eigenvalue weighted by molar-refractivity contribution is 5.67. The van der Waals surface area contributed by atoms with Gasteiger partial charge in [0.15, 0.2) is 0 Å². The Morgan fingerprint density at radius 1 is 0.767 bits per heavy atom. The van der Waals surface area contributed by atoms with E-state index in [0.717, 1.165) is 19.3 Å². The van der Waals surface area contributed by atoms with Gasteiger partial charge in [0.2, 0.25) is 0 Å². The number of aliphatic hydroxyl groups excluding tert-OH is 4. The molecule has 0 heterocycles. The van der Waals surface area contributed by atoms with Crippen LogP contribution < -0.4 is 0 Å². The van der Waals surface area contributed by atoms with Gasteiger partial charge in [-0.2, -0.15) is 0 Å². The van der Waals surface area contributed by atoms with Gasteiger partial charge in [-0.25, -0.2) is 0 Å². The SMILES string of the molecule is CCC(O)COCCO.CCCCC(O)COCCO.O=C(O)CCCCC(=O)O. The molecule has 10 nitrogen and oxygen atoms in total. The van der Waals surface area contributed by atoms with Crippen LogP contribution in [0, 0.1) is 0 Å². The first-order valence-corrected chi connectivity index (χ1v) is 10.4. The number of rotatable bonds is 17. The second-order valence-corrected chi connectivity index (χ2v) is 6.45. The highest BCUT2D eigenvalue weighted by atomic mass is 16.5. The fraction of sp³-hybridized carbons (Fsp3) is 0.900. The zero-order chi connectivity index (χ0) is 23.6. The predicted molar refractivity (Wildman–Crippen MR) is 111 cm³/mol. The van der Waals surface area contributed by atoms with E-state index in [4.69, 9.17) is 35.0 Å². The molecule has 2 atom stereocenters. The van der Waals surface area contributed by atoms with E-state index in [9.17, 15) is 14.7 Å². The smallest absolute Gasteiger partial charge is 0.303 e.